The van der Waals surface area contributed by atoms with Crippen LogP contribution >= 0.6 is 6.72 Å². The monoisotopic (exact) mass is 231 g/mol. The highest BCUT2D eigenvalue weighted by molar-refractivity contribution is 8.07. The van der Waals surface area contributed by atoms with E-state index in [1.54, 1.807) is 30.3 Å². The average molecular weight is 231 g/mol. The summed E-state index contributed by atoms with van der Waals surface area (Å²) in [6, 6.07) is 8.36. The van der Waals surface area contributed by atoms with Crippen LogP contribution in [0.25, 0.3) is 0 Å². The van der Waals surface area contributed by atoms with E-state index in [0.717, 1.165) is 6.08 Å². The lowest BCUT2D eigenvalue weighted by Crippen LogP contribution is -1.92. The second kappa shape index (κ2) is 4.88. The van der Waals surface area contributed by atoms with Crippen molar-refractivity contribution in [2.75, 3.05) is 0 Å². The van der Waals surface area contributed by atoms with Gasteiger partial charge in [0.05, 0.1) is 0 Å². The van der Waals surface area contributed by atoms with Gasteiger partial charge < -0.3 is 9.42 Å². The molecule has 0 amide bonds. The van der Waals surface area contributed by atoms with E-state index in [1.807, 2.05) is 0 Å². The molecular weight excluding hydrogens is 225 g/mol. The summed E-state index contributed by atoms with van der Waals surface area (Å²) in [5.41, 5.74) is 0. The third-order valence-electron chi connectivity index (χ3n) is 1.15. The summed E-state index contributed by atoms with van der Waals surface area (Å²) in [4.78, 5) is 19.0. The standard InChI is InChI=1S/C7H6NO4PS/c9-6-8-12-13(10,14)11-7-4-2-1-3-5-7/h1-5H,(H,10,14). The Bertz CT molecular complexity index is 390. The van der Waals surface area contributed by atoms with Gasteiger partial charge >= 0.3 is 6.72 Å². The molecule has 0 saturated carbocycles. The Hall–Kier alpha value is -1.19. The minimum absolute atomic E-state index is 0.347. The number of benzene rings is 1. The molecule has 0 fully saturated rings. The molecule has 1 atom stereocenters. The van der Waals surface area contributed by atoms with Crippen molar-refractivity contribution in [2.24, 2.45) is 5.16 Å². The fourth-order valence-electron chi connectivity index (χ4n) is 0.699. The summed E-state index contributed by atoms with van der Waals surface area (Å²) >= 11 is 4.54. The van der Waals surface area contributed by atoms with Crippen molar-refractivity contribution in [3.63, 3.8) is 0 Å². The quantitative estimate of drug-likeness (QED) is 0.368. The predicted octanol–water partition coefficient (Wildman–Crippen LogP) is 1.55. The molecule has 0 aromatic heterocycles. The van der Waals surface area contributed by atoms with Crippen molar-refractivity contribution in [1.82, 2.24) is 0 Å². The van der Waals surface area contributed by atoms with Gasteiger partial charge in [-0.15, -0.1) is 0 Å². The van der Waals surface area contributed by atoms with E-state index in [-0.39, 0.29) is 0 Å². The maximum Gasteiger partial charge on any atom is 0.453 e. The molecule has 0 aliphatic carbocycles. The zero-order chi connectivity index (χ0) is 10.4. The maximum absolute atomic E-state index is 9.69. The molecule has 0 aliphatic heterocycles. The smallest absolute Gasteiger partial charge is 0.415 e. The van der Waals surface area contributed by atoms with Crippen LogP contribution in [0.3, 0.4) is 0 Å². The Morgan fingerprint density at radius 2 is 2.07 bits per heavy atom. The fraction of sp³-hybridized carbons (Fsp3) is 0. The number of nitrogens with zero attached hydrogens (tertiary/aromatic N) is 1. The van der Waals surface area contributed by atoms with Gasteiger partial charge in [-0.1, -0.05) is 18.2 Å². The first kappa shape index (κ1) is 10.9. The highest BCUT2D eigenvalue weighted by Gasteiger charge is 2.17. The normalized spacial score (nSPS) is 13.5. The highest BCUT2D eigenvalue weighted by Crippen LogP contribution is 2.44. The molecule has 1 aromatic carbocycles. The van der Waals surface area contributed by atoms with Gasteiger partial charge in [-0.25, -0.2) is 4.79 Å². The second-order valence-corrected chi connectivity index (χ2v) is 4.80. The third-order valence-corrected chi connectivity index (χ3v) is 2.30. The number of hydrogen-bond donors (Lipinski definition) is 1. The lowest BCUT2D eigenvalue weighted by molar-refractivity contribution is 0.268. The van der Waals surface area contributed by atoms with E-state index >= 15 is 0 Å². The summed E-state index contributed by atoms with van der Waals surface area (Å²) in [6.07, 6.45) is 1.08. The van der Waals surface area contributed by atoms with Gasteiger partial charge in [0.25, 0.3) is 6.08 Å². The zero-order valence-corrected chi connectivity index (χ0v) is 8.57. The number of para-hydroxylation sites is 1. The molecule has 7 heteroatoms. The molecule has 1 rings (SSSR count). The molecule has 14 heavy (non-hydrogen) atoms. The van der Waals surface area contributed by atoms with Gasteiger partial charge in [-0.2, -0.15) is 0 Å². The lowest BCUT2D eigenvalue weighted by atomic mass is 10.3. The first-order valence-corrected chi connectivity index (χ1v) is 6.06. The van der Waals surface area contributed by atoms with Crippen LogP contribution in [-0.4, -0.2) is 11.0 Å². The van der Waals surface area contributed by atoms with Crippen LogP contribution < -0.4 is 4.52 Å². The Balaban J connectivity index is 2.68. The zero-order valence-electron chi connectivity index (χ0n) is 6.86. The molecule has 1 aromatic rings. The van der Waals surface area contributed by atoms with E-state index in [1.165, 1.54) is 0 Å². The number of rotatable bonds is 4. The minimum Gasteiger partial charge on any atom is -0.415 e. The Kier molecular flexibility index (Phi) is 3.80. The fourth-order valence-corrected chi connectivity index (χ4v) is 1.62. The van der Waals surface area contributed by atoms with Crippen molar-refractivity contribution < 1.29 is 18.8 Å². The van der Waals surface area contributed by atoms with Gasteiger partial charge in [0, 0.05) is 17.0 Å². The van der Waals surface area contributed by atoms with E-state index in [2.05, 4.69) is 21.6 Å². The molecule has 0 bridgehead atoms. The Morgan fingerprint density at radius 1 is 1.43 bits per heavy atom. The van der Waals surface area contributed by atoms with Crippen molar-refractivity contribution in [2.45, 2.75) is 0 Å². The Labute approximate surface area is 85.2 Å². The van der Waals surface area contributed by atoms with Crippen LogP contribution in [0.1, 0.15) is 0 Å². The summed E-state index contributed by atoms with van der Waals surface area (Å²) in [6.45, 7) is -3.53. The lowest BCUT2D eigenvalue weighted by Gasteiger charge is -2.11. The van der Waals surface area contributed by atoms with Gasteiger partial charge in [-0.05, 0) is 12.1 Å². The van der Waals surface area contributed by atoms with Crippen molar-refractivity contribution in [3.8, 4) is 5.75 Å². The summed E-state index contributed by atoms with van der Waals surface area (Å²) in [7, 11) is 0. The second-order valence-electron chi connectivity index (χ2n) is 2.14. The SMILES string of the molecule is O=C=NOP(O)(=S)Oc1ccccc1. The van der Waals surface area contributed by atoms with E-state index in [4.69, 9.17) is 4.52 Å². The molecule has 0 spiro atoms. The van der Waals surface area contributed by atoms with Gasteiger partial charge in [0.15, 0.2) is 0 Å². The summed E-state index contributed by atoms with van der Waals surface area (Å²) in [5.74, 6) is 0.347. The summed E-state index contributed by atoms with van der Waals surface area (Å²) < 4.78 is 9.13. The van der Waals surface area contributed by atoms with Crippen LogP contribution in [0.5, 0.6) is 5.75 Å². The molecule has 0 radical (unpaired) electrons. The van der Waals surface area contributed by atoms with Crippen LogP contribution in [0.15, 0.2) is 35.5 Å². The average Bonchev–Trinajstić information content (AvgIpc) is 2.16. The molecule has 5 nitrogen and oxygen atoms in total. The molecular formula is C7H6NO4PS. The van der Waals surface area contributed by atoms with Gasteiger partial charge in [0.2, 0.25) is 0 Å². The van der Waals surface area contributed by atoms with Crippen LogP contribution in [0, 0.1) is 0 Å². The van der Waals surface area contributed by atoms with Crippen molar-refractivity contribution >= 4 is 24.6 Å². The van der Waals surface area contributed by atoms with Crippen LogP contribution in [0.2, 0.25) is 0 Å². The first-order valence-electron chi connectivity index (χ1n) is 3.47. The van der Waals surface area contributed by atoms with E-state index in [0.29, 0.717) is 5.75 Å². The van der Waals surface area contributed by atoms with Crippen LogP contribution in [-0.2, 0) is 21.2 Å². The molecule has 0 heterocycles. The maximum atomic E-state index is 9.69. The molecule has 0 aliphatic rings. The van der Waals surface area contributed by atoms with Gasteiger partial charge in [-0.3, -0.25) is 4.62 Å². The third kappa shape index (κ3) is 3.68. The molecule has 0 saturated heterocycles. The van der Waals surface area contributed by atoms with Crippen LogP contribution in [0.4, 0.5) is 0 Å². The highest BCUT2D eigenvalue weighted by atomic mass is 32.5. The topological polar surface area (TPSA) is 68.1 Å². The molecule has 1 unspecified atom stereocenters. The first-order chi connectivity index (χ1) is 6.64. The van der Waals surface area contributed by atoms with E-state index in [9.17, 15) is 9.69 Å². The van der Waals surface area contributed by atoms with E-state index < -0.39 is 6.72 Å². The van der Waals surface area contributed by atoms with Crippen molar-refractivity contribution in [1.29, 1.82) is 0 Å². The number of carbonyl (C=O) groups excluding carboxylic acids is 1. The molecule has 74 valence electrons. The minimum atomic E-state index is -3.53. The Morgan fingerprint density at radius 3 is 2.64 bits per heavy atom. The number of hydrogen-bond acceptors (Lipinski definition) is 5. The summed E-state index contributed by atoms with van der Waals surface area (Å²) in [5, 5.41) is 2.70. The van der Waals surface area contributed by atoms with Gasteiger partial charge in [0.1, 0.15) is 5.75 Å². The molecule has 1 N–H and O–H groups in total. The largest absolute Gasteiger partial charge is 0.453 e. The number of isocyanates is 1. The van der Waals surface area contributed by atoms with Crippen molar-refractivity contribution in [3.05, 3.63) is 30.3 Å². The predicted molar refractivity (Wildman–Crippen MR) is 52.8 cm³/mol.